The molecule has 156 valence electrons. The second kappa shape index (κ2) is 9.54. The Bertz CT molecular complexity index is 1070. The number of aromatic nitrogens is 2. The number of benzene rings is 1. The van der Waals surface area contributed by atoms with Crippen LogP contribution in [0.3, 0.4) is 0 Å². The molecule has 4 rings (SSSR count). The second-order valence-corrected chi connectivity index (χ2v) is 9.03. The molecule has 1 aliphatic rings. The molecule has 0 fully saturated rings. The Morgan fingerprint density at radius 1 is 1.20 bits per heavy atom. The zero-order chi connectivity index (χ0) is 20.9. The number of rotatable bonds is 9. The maximum atomic E-state index is 13.2. The van der Waals surface area contributed by atoms with Crippen molar-refractivity contribution in [3.63, 3.8) is 0 Å². The van der Waals surface area contributed by atoms with Gasteiger partial charge in [-0.1, -0.05) is 42.5 Å². The van der Waals surface area contributed by atoms with E-state index in [-0.39, 0.29) is 5.56 Å². The predicted octanol–water partition coefficient (Wildman–Crippen LogP) is 4.62. The molecule has 4 nitrogen and oxygen atoms in total. The van der Waals surface area contributed by atoms with Crippen molar-refractivity contribution in [1.82, 2.24) is 14.5 Å². The van der Waals surface area contributed by atoms with E-state index < -0.39 is 0 Å². The van der Waals surface area contributed by atoms with Crippen molar-refractivity contribution in [3.8, 4) is 0 Å². The lowest BCUT2D eigenvalue weighted by Crippen LogP contribution is -2.39. The minimum Gasteiger partial charge on any atom is -0.299 e. The van der Waals surface area contributed by atoms with Gasteiger partial charge in [0.05, 0.1) is 11.7 Å². The topological polar surface area (TPSA) is 38.1 Å². The third-order valence-corrected chi connectivity index (χ3v) is 7.12. The lowest BCUT2D eigenvalue weighted by Gasteiger charge is -2.32. The summed E-state index contributed by atoms with van der Waals surface area (Å²) >= 11 is 1.70. The van der Waals surface area contributed by atoms with Crippen molar-refractivity contribution >= 4 is 21.6 Å². The average molecular weight is 420 g/mol. The normalized spacial score (nSPS) is 16.0. The average Bonchev–Trinajstić information content (AvgIpc) is 3.14. The van der Waals surface area contributed by atoms with Gasteiger partial charge >= 0.3 is 0 Å². The van der Waals surface area contributed by atoms with Crippen LogP contribution >= 0.6 is 11.3 Å². The van der Waals surface area contributed by atoms with Gasteiger partial charge in [0.1, 0.15) is 4.83 Å². The summed E-state index contributed by atoms with van der Waals surface area (Å²) in [6.07, 6.45) is 10.5. The highest BCUT2D eigenvalue weighted by Crippen LogP contribution is 2.35. The first-order chi connectivity index (χ1) is 14.7. The van der Waals surface area contributed by atoms with Crippen LogP contribution < -0.4 is 5.56 Å². The van der Waals surface area contributed by atoms with Crippen LogP contribution in [0.4, 0.5) is 0 Å². The van der Waals surface area contributed by atoms with E-state index in [4.69, 9.17) is 0 Å². The maximum absolute atomic E-state index is 13.2. The highest BCUT2D eigenvalue weighted by atomic mass is 32.1. The van der Waals surface area contributed by atoms with Gasteiger partial charge in [0.25, 0.3) is 5.56 Å². The van der Waals surface area contributed by atoms with E-state index in [1.807, 2.05) is 18.2 Å². The van der Waals surface area contributed by atoms with Crippen LogP contribution in [-0.4, -0.2) is 33.6 Å². The molecule has 0 saturated heterocycles. The Kier molecular flexibility index (Phi) is 6.60. The molecule has 1 aliphatic carbocycles. The van der Waals surface area contributed by atoms with E-state index in [0.29, 0.717) is 12.6 Å². The van der Waals surface area contributed by atoms with Crippen molar-refractivity contribution in [1.29, 1.82) is 0 Å². The number of hydrogen-bond acceptors (Lipinski definition) is 4. The van der Waals surface area contributed by atoms with Gasteiger partial charge in [-0.2, -0.15) is 0 Å². The highest BCUT2D eigenvalue weighted by Gasteiger charge is 2.27. The van der Waals surface area contributed by atoms with Gasteiger partial charge in [-0.15, -0.1) is 24.5 Å². The van der Waals surface area contributed by atoms with Crippen LogP contribution in [0, 0.1) is 0 Å². The SMILES string of the molecule is C=CCN(CC=C)[C@@H]1CCc2c(sc3ncn(CCCc4ccccc4)c(=O)c23)C1. The van der Waals surface area contributed by atoms with Crippen molar-refractivity contribution in [2.45, 2.75) is 44.7 Å². The minimum absolute atomic E-state index is 0.123. The van der Waals surface area contributed by atoms with Crippen LogP contribution in [-0.2, 0) is 25.8 Å². The van der Waals surface area contributed by atoms with Gasteiger partial charge < -0.3 is 0 Å². The molecule has 0 amide bonds. The molecule has 0 unspecified atom stereocenters. The number of nitrogens with zero attached hydrogens (tertiary/aromatic N) is 3. The lowest BCUT2D eigenvalue weighted by atomic mass is 9.92. The van der Waals surface area contributed by atoms with Gasteiger partial charge in [0.2, 0.25) is 0 Å². The van der Waals surface area contributed by atoms with Gasteiger partial charge in [-0.25, -0.2) is 4.98 Å². The molecule has 0 N–H and O–H groups in total. The molecule has 1 aromatic carbocycles. The molecule has 0 saturated carbocycles. The smallest absolute Gasteiger partial charge is 0.262 e. The first-order valence-corrected chi connectivity index (χ1v) is 11.5. The molecule has 0 spiro atoms. The van der Waals surface area contributed by atoms with Crippen LogP contribution in [0.25, 0.3) is 10.2 Å². The monoisotopic (exact) mass is 419 g/mol. The number of fused-ring (bicyclic) bond motifs is 3. The zero-order valence-corrected chi connectivity index (χ0v) is 18.2. The van der Waals surface area contributed by atoms with Crippen LogP contribution in [0.15, 0.2) is 66.8 Å². The maximum Gasteiger partial charge on any atom is 0.262 e. The Morgan fingerprint density at radius 2 is 1.97 bits per heavy atom. The molecule has 1 atom stereocenters. The molecule has 2 heterocycles. The van der Waals surface area contributed by atoms with Crippen LogP contribution in [0.5, 0.6) is 0 Å². The van der Waals surface area contributed by atoms with Crippen molar-refractivity contribution < 1.29 is 0 Å². The van der Waals surface area contributed by atoms with Gasteiger partial charge in [-0.3, -0.25) is 14.3 Å². The minimum atomic E-state index is 0.123. The lowest BCUT2D eigenvalue weighted by molar-refractivity contribution is 0.221. The van der Waals surface area contributed by atoms with Crippen molar-refractivity contribution in [3.05, 3.63) is 88.3 Å². The van der Waals surface area contributed by atoms with Gasteiger partial charge in [0.15, 0.2) is 0 Å². The third-order valence-electron chi connectivity index (χ3n) is 5.96. The summed E-state index contributed by atoms with van der Waals surface area (Å²) in [6.45, 7) is 10.2. The van der Waals surface area contributed by atoms with E-state index in [0.717, 1.165) is 55.4 Å². The summed E-state index contributed by atoms with van der Waals surface area (Å²) in [5.74, 6) is 0. The fourth-order valence-electron chi connectivity index (χ4n) is 4.46. The number of thiophene rings is 1. The Balaban J connectivity index is 1.53. The van der Waals surface area contributed by atoms with Crippen LogP contribution in [0.1, 0.15) is 28.8 Å². The van der Waals surface area contributed by atoms with Gasteiger partial charge in [-0.05, 0) is 43.2 Å². The van der Waals surface area contributed by atoms with E-state index >= 15 is 0 Å². The molecular weight excluding hydrogens is 390 g/mol. The molecule has 0 aliphatic heterocycles. The molecule has 5 heteroatoms. The van der Waals surface area contributed by atoms with E-state index in [2.05, 4.69) is 47.3 Å². The molecule has 3 aromatic rings. The fourth-order valence-corrected chi connectivity index (χ4v) is 5.71. The molecule has 0 radical (unpaired) electrons. The Labute approximate surface area is 182 Å². The standard InChI is InChI=1S/C25H29N3OS/c1-3-14-27(15-4-2)20-12-13-21-22(17-20)30-24-23(21)25(29)28(18-26-24)16-8-11-19-9-6-5-7-10-19/h3-7,9-10,18,20H,1-2,8,11-17H2/t20-/m1/s1. The summed E-state index contributed by atoms with van der Waals surface area (Å²) < 4.78 is 1.80. The predicted molar refractivity (Wildman–Crippen MR) is 126 cm³/mol. The van der Waals surface area contributed by atoms with Crippen molar-refractivity contribution in [2.24, 2.45) is 0 Å². The number of hydrogen-bond donors (Lipinski definition) is 0. The van der Waals surface area contributed by atoms with Crippen molar-refractivity contribution in [2.75, 3.05) is 13.1 Å². The van der Waals surface area contributed by atoms with E-state index in [9.17, 15) is 4.79 Å². The highest BCUT2D eigenvalue weighted by molar-refractivity contribution is 7.18. The Hall–Kier alpha value is -2.50. The molecule has 0 bridgehead atoms. The van der Waals surface area contributed by atoms with E-state index in [1.165, 1.54) is 16.0 Å². The van der Waals surface area contributed by atoms with E-state index in [1.54, 1.807) is 22.2 Å². The summed E-state index contributed by atoms with van der Waals surface area (Å²) in [7, 11) is 0. The second-order valence-electron chi connectivity index (χ2n) is 7.94. The molecule has 30 heavy (non-hydrogen) atoms. The summed E-state index contributed by atoms with van der Waals surface area (Å²) in [6, 6.07) is 10.9. The summed E-state index contributed by atoms with van der Waals surface area (Å²) in [5, 5.41) is 0.856. The quantitative estimate of drug-likeness (QED) is 0.475. The summed E-state index contributed by atoms with van der Waals surface area (Å²) in [4.78, 5) is 22.5. The Morgan fingerprint density at radius 3 is 2.70 bits per heavy atom. The van der Waals surface area contributed by atoms with Gasteiger partial charge in [0, 0.05) is 30.6 Å². The zero-order valence-electron chi connectivity index (χ0n) is 17.4. The first kappa shape index (κ1) is 20.8. The molecular formula is C25H29N3OS. The number of aryl methyl sites for hydroxylation is 3. The fraction of sp³-hybridized carbons (Fsp3) is 0.360. The first-order valence-electron chi connectivity index (χ1n) is 10.7. The summed E-state index contributed by atoms with van der Waals surface area (Å²) in [5.41, 5.74) is 2.67. The largest absolute Gasteiger partial charge is 0.299 e. The molecule has 2 aromatic heterocycles. The van der Waals surface area contributed by atoms with Crippen LogP contribution in [0.2, 0.25) is 0 Å². The third kappa shape index (κ3) is 4.32.